The van der Waals surface area contributed by atoms with Gasteiger partial charge in [-0.15, -0.1) is 0 Å². The number of hydrogen-bond donors (Lipinski definition) is 2. The minimum absolute atomic E-state index is 0.0730. The normalized spacial score (nSPS) is 10.9. The highest BCUT2D eigenvalue weighted by atomic mass is 16.4. The topological polar surface area (TPSA) is 92.4 Å². The molecule has 0 fully saturated rings. The summed E-state index contributed by atoms with van der Waals surface area (Å²) in [4.78, 5) is 21.6. The van der Waals surface area contributed by atoms with Gasteiger partial charge in [0.1, 0.15) is 0 Å². The molecule has 0 aliphatic carbocycles. The van der Waals surface area contributed by atoms with E-state index in [1.165, 1.54) is 16.9 Å². The van der Waals surface area contributed by atoms with Gasteiger partial charge in [0.05, 0.1) is 5.69 Å². The maximum absolute atomic E-state index is 10.8. The molecule has 1 aromatic rings. The zero-order valence-electron chi connectivity index (χ0n) is 8.41. The molecule has 0 aliphatic rings. The summed E-state index contributed by atoms with van der Waals surface area (Å²) < 4.78 is 1.40. The second-order valence-corrected chi connectivity index (χ2v) is 3.40. The third-order valence-corrected chi connectivity index (χ3v) is 1.98. The Morgan fingerprint density at radius 1 is 1.33 bits per heavy atom. The summed E-state index contributed by atoms with van der Waals surface area (Å²) >= 11 is 0. The third-order valence-electron chi connectivity index (χ3n) is 1.98. The van der Waals surface area contributed by atoms with Crippen LogP contribution in [0.15, 0.2) is 12.3 Å². The highest BCUT2D eigenvalue weighted by Gasteiger charge is 2.31. The molecule has 82 valence electrons. The lowest BCUT2D eigenvalue weighted by Crippen LogP contribution is -2.24. The van der Waals surface area contributed by atoms with Crippen LogP contribution in [0.1, 0.15) is 31.5 Å². The summed E-state index contributed by atoms with van der Waals surface area (Å²) in [6.07, 6.45) is 1.40. The van der Waals surface area contributed by atoms with Crippen LogP contribution in [-0.4, -0.2) is 31.9 Å². The summed E-state index contributed by atoms with van der Waals surface area (Å²) in [5.41, 5.74) is 0.185. The van der Waals surface area contributed by atoms with Gasteiger partial charge in [0.25, 0.3) is 0 Å². The first-order chi connectivity index (χ1) is 6.95. The number of rotatable bonds is 4. The number of hydrogen-bond acceptors (Lipinski definition) is 3. The summed E-state index contributed by atoms with van der Waals surface area (Å²) in [6, 6.07) is 1.34. The Morgan fingerprint density at radius 3 is 2.27 bits per heavy atom. The number of aromatic nitrogens is 2. The molecule has 0 bridgehead atoms. The molecular formula is C9H12N2O4. The van der Waals surface area contributed by atoms with Gasteiger partial charge in [0, 0.05) is 12.2 Å². The Balaban J connectivity index is 3.17. The molecule has 0 atom stereocenters. The average molecular weight is 212 g/mol. The molecule has 6 nitrogen and oxygen atoms in total. The molecule has 1 rings (SSSR count). The molecule has 6 heteroatoms. The van der Waals surface area contributed by atoms with Crippen LogP contribution in [0.2, 0.25) is 0 Å². The first-order valence-electron chi connectivity index (χ1n) is 4.44. The molecule has 0 radical (unpaired) electrons. The van der Waals surface area contributed by atoms with Crippen molar-refractivity contribution < 1.29 is 19.8 Å². The molecule has 0 aromatic carbocycles. The van der Waals surface area contributed by atoms with Crippen LogP contribution < -0.4 is 0 Å². The van der Waals surface area contributed by atoms with E-state index in [0.717, 1.165) is 0 Å². The third kappa shape index (κ3) is 2.15. The SMILES string of the molecule is CC(C)n1nccc1C(C(=O)O)C(=O)O. The lowest BCUT2D eigenvalue weighted by molar-refractivity contribution is -0.150. The number of nitrogens with zero attached hydrogens (tertiary/aromatic N) is 2. The lowest BCUT2D eigenvalue weighted by atomic mass is 10.1. The average Bonchev–Trinajstić information content (AvgIpc) is 2.51. The zero-order valence-corrected chi connectivity index (χ0v) is 8.41. The van der Waals surface area contributed by atoms with Gasteiger partial charge < -0.3 is 10.2 Å². The molecule has 1 heterocycles. The van der Waals surface area contributed by atoms with Crippen molar-refractivity contribution in [2.45, 2.75) is 25.8 Å². The first-order valence-corrected chi connectivity index (χ1v) is 4.44. The molecule has 1 aromatic heterocycles. The zero-order chi connectivity index (χ0) is 11.6. The fraction of sp³-hybridized carbons (Fsp3) is 0.444. The van der Waals surface area contributed by atoms with E-state index in [2.05, 4.69) is 5.10 Å². The minimum Gasteiger partial charge on any atom is -0.480 e. The second-order valence-electron chi connectivity index (χ2n) is 3.40. The number of carboxylic acids is 2. The summed E-state index contributed by atoms with van der Waals surface area (Å²) in [6.45, 7) is 3.61. The van der Waals surface area contributed by atoms with E-state index in [1.807, 2.05) is 0 Å². The van der Waals surface area contributed by atoms with Crippen LogP contribution in [0, 0.1) is 0 Å². The predicted octanol–water partition coefficient (Wildman–Crippen LogP) is 0.717. The van der Waals surface area contributed by atoms with E-state index in [9.17, 15) is 9.59 Å². The minimum atomic E-state index is -1.56. The maximum Gasteiger partial charge on any atom is 0.324 e. The van der Waals surface area contributed by atoms with Gasteiger partial charge in [-0.05, 0) is 19.9 Å². The molecule has 0 amide bonds. The van der Waals surface area contributed by atoms with Crippen molar-refractivity contribution in [1.29, 1.82) is 0 Å². The number of carbonyl (C=O) groups is 2. The van der Waals surface area contributed by atoms with Crippen molar-refractivity contribution in [2.24, 2.45) is 0 Å². The molecule has 0 saturated carbocycles. The van der Waals surface area contributed by atoms with Crippen LogP contribution in [0.4, 0.5) is 0 Å². The quantitative estimate of drug-likeness (QED) is 0.717. The van der Waals surface area contributed by atoms with Crippen LogP contribution >= 0.6 is 0 Å². The lowest BCUT2D eigenvalue weighted by Gasteiger charge is -2.13. The molecule has 0 spiro atoms. The van der Waals surface area contributed by atoms with Crippen molar-refractivity contribution in [1.82, 2.24) is 9.78 Å². The molecule has 0 unspecified atom stereocenters. The summed E-state index contributed by atoms with van der Waals surface area (Å²) in [5.74, 6) is -4.33. The Labute approximate surface area is 86.1 Å². The van der Waals surface area contributed by atoms with Crippen LogP contribution in [0.25, 0.3) is 0 Å². The molecule has 2 N–H and O–H groups in total. The Hall–Kier alpha value is -1.85. The maximum atomic E-state index is 10.8. The van der Waals surface area contributed by atoms with Crippen LogP contribution in [-0.2, 0) is 9.59 Å². The van der Waals surface area contributed by atoms with E-state index >= 15 is 0 Å². The van der Waals surface area contributed by atoms with Gasteiger partial charge >= 0.3 is 11.9 Å². The Bertz CT molecular complexity index is 369. The van der Waals surface area contributed by atoms with Gasteiger partial charge in [-0.3, -0.25) is 14.3 Å². The van der Waals surface area contributed by atoms with Crippen LogP contribution in [0.3, 0.4) is 0 Å². The standard InChI is InChI=1S/C9H12N2O4/c1-5(2)11-6(3-4-10-11)7(8(12)13)9(14)15/h3-5,7H,1-2H3,(H,12,13)(H,14,15). The van der Waals surface area contributed by atoms with Crippen molar-refractivity contribution in [3.63, 3.8) is 0 Å². The van der Waals surface area contributed by atoms with E-state index in [0.29, 0.717) is 0 Å². The summed E-state index contributed by atoms with van der Waals surface area (Å²) in [7, 11) is 0. The largest absolute Gasteiger partial charge is 0.480 e. The predicted molar refractivity (Wildman–Crippen MR) is 50.6 cm³/mol. The first kappa shape index (κ1) is 11.2. The van der Waals surface area contributed by atoms with E-state index in [-0.39, 0.29) is 11.7 Å². The van der Waals surface area contributed by atoms with Crippen molar-refractivity contribution in [2.75, 3.05) is 0 Å². The summed E-state index contributed by atoms with van der Waals surface area (Å²) in [5, 5.41) is 21.5. The monoisotopic (exact) mass is 212 g/mol. The Morgan fingerprint density at radius 2 is 1.87 bits per heavy atom. The van der Waals surface area contributed by atoms with Crippen molar-refractivity contribution in [3.05, 3.63) is 18.0 Å². The van der Waals surface area contributed by atoms with Crippen LogP contribution in [0.5, 0.6) is 0 Å². The van der Waals surface area contributed by atoms with E-state index < -0.39 is 17.9 Å². The molecule has 0 saturated heterocycles. The van der Waals surface area contributed by atoms with E-state index in [1.54, 1.807) is 13.8 Å². The molecule has 0 aliphatic heterocycles. The Kier molecular flexibility index (Phi) is 3.08. The van der Waals surface area contributed by atoms with Gasteiger partial charge in [-0.1, -0.05) is 0 Å². The van der Waals surface area contributed by atoms with Gasteiger partial charge in [0.15, 0.2) is 5.92 Å². The van der Waals surface area contributed by atoms with Crippen molar-refractivity contribution >= 4 is 11.9 Å². The second kappa shape index (κ2) is 4.12. The number of aliphatic carboxylic acids is 2. The van der Waals surface area contributed by atoms with Gasteiger partial charge in [-0.2, -0.15) is 5.10 Å². The van der Waals surface area contributed by atoms with Gasteiger partial charge in [-0.25, -0.2) is 0 Å². The number of carboxylic acid groups (broad SMARTS) is 2. The van der Waals surface area contributed by atoms with E-state index in [4.69, 9.17) is 10.2 Å². The van der Waals surface area contributed by atoms with Crippen molar-refractivity contribution in [3.8, 4) is 0 Å². The molecule has 15 heavy (non-hydrogen) atoms. The molecular weight excluding hydrogens is 200 g/mol. The van der Waals surface area contributed by atoms with Gasteiger partial charge in [0.2, 0.25) is 0 Å². The highest BCUT2D eigenvalue weighted by molar-refractivity contribution is 5.98. The smallest absolute Gasteiger partial charge is 0.324 e. The fourth-order valence-electron chi connectivity index (χ4n) is 1.34. The highest BCUT2D eigenvalue weighted by Crippen LogP contribution is 2.19. The fourth-order valence-corrected chi connectivity index (χ4v) is 1.34.